The highest BCUT2D eigenvalue weighted by Gasteiger charge is 2.27. The zero-order valence-electron chi connectivity index (χ0n) is 21.7. The van der Waals surface area contributed by atoms with E-state index in [1.165, 1.54) is 16.7 Å². The van der Waals surface area contributed by atoms with E-state index in [1.54, 1.807) is 0 Å². The van der Waals surface area contributed by atoms with Gasteiger partial charge in [-0.2, -0.15) is 0 Å². The molecule has 1 saturated heterocycles. The number of hydrogen-bond donors (Lipinski definition) is 1. The maximum absolute atomic E-state index is 12.8. The number of piperazine rings is 1. The van der Waals surface area contributed by atoms with Crippen LogP contribution in [0, 0.1) is 0 Å². The Morgan fingerprint density at radius 2 is 1.50 bits per heavy atom. The molecule has 5 nitrogen and oxygen atoms in total. The second-order valence-corrected chi connectivity index (χ2v) is 8.97. The number of benzene rings is 3. The lowest BCUT2D eigenvalue weighted by Crippen LogP contribution is -2.47. The molecule has 3 aromatic carbocycles. The van der Waals surface area contributed by atoms with Crippen LogP contribution in [0.2, 0.25) is 0 Å². The van der Waals surface area contributed by atoms with Gasteiger partial charge in [-0.05, 0) is 54.8 Å². The number of nitrogen functional groups attached to an aromatic ring is 1. The van der Waals surface area contributed by atoms with Crippen LogP contribution in [0.3, 0.4) is 0 Å². The average molecular weight is 491 g/mol. The average Bonchev–Trinajstić information content (AvgIpc) is 2.93. The summed E-state index contributed by atoms with van der Waals surface area (Å²) >= 11 is 0. The molecule has 1 heterocycles. The normalized spacial score (nSPS) is 15.0. The molecule has 1 aliphatic rings. The Hall–Kier alpha value is -3.22. The number of hydrogen-bond acceptors (Lipinski definition) is 4. The van der Waals surface area contributed by atoms with Gasteiger partial charge in [-0.3, -0.25) is 19.0 Å². The van der Waals surface area contributed by atoms with E-state index >= 15 is 0 Å². The fraction of sp³-hybridized carbons (Fsp3) is 0.367. The Kier molecular flexibility index (Phi) is 10.5. The Labute approximate surface area is 215 Å². The summed E-state index contributed by atoms with van der Waals surface area (Å²) in [7, 11) is 0.500. The van der Waals surface area contributed by atoms with Crippen LogP contribution in [0.4, 0.5) is 10.1 Å². The van der Waals surface area contributed by atoms with Crippen LogP contribution >= 0.6 is 0 Å². The predicted octanol–water partition coefficient (Wildman–Crippen LogP) is 5.24. The van der Waals surface area contributed by atoms with E-state index in [2.05, 4.69) is 64.4 Å². The molecule has 1 fully saturated rings. The summed E-state index contributed by atoms with van der Waals surface area (Å²) in [5.41, 5.74) is 11.4. The molecular weight excluding hydrogens is 451 g/mol. The minimum atomic E-state index is 0.0894. The molecule has 0 bridgehead atoms. The van der Waals surface area contributed by atoms with E-state index in [0.29, 0.717) is 7.18 Å². The summed E-state index contributed by atoms with van der Waals surface area (Å²) in [6.07, 6.45) is 0. The summed E-state index contributed by atoms with van der Waals surface area (Å²) in [4.78, 5) is 19.7. The van der Waals surface area contributed by atoms with E-state index in [4.69, 9.17) is 5.73 Å². The number of amides is 1. The molecule has 3 aromatic rings. The summed E-state index contributed by atoms with van der Waals surface area (Å²) in [5.74, 6) is 0.0894. The lowest BCUT2D eigenvalue weighted by atomic mass is 9.95. The van der Waals surface area contributed by atoms with Gasteiger partial charge >= 0.3 is 0 Å². The van der Waals surface area contributed by atoms with E-state index in [1.807, 2.05) is 43.0 Å². The Morgan fingerprint density at radius 1 is 0.861 bits per heavy atom. The van der Waals surface area contributed by atoms with Crippen LogP contribution in [0.15, 0.2) is 78.9 Å². The highest BCUT2D eigenvalue weighted by atomic mass is 19.1. The molecule has 192 valence electrons. The van der Waals surface area contributed by atoms with Gasteiger partial charge in [0.05, 0.1) is 13.2 Å². The first kappa shape index (κ1) is 27.4. The molecule has 6 heteroatoms. The van der Waals surface area contributed by atoms with Gasteiger partial charge in [0.25, 0.3) is 5.91 Å². The molecule has 1 amide bonds. The van der Waals surface area contributed by atoms with Crippen molar-refractivity contribution in [1.29, 1.82) is 0 Å². The lowest BCUT2D eigenvalue weighted by molar-refractivity contribution is 0.0773. The summed E-state index contributed by atoms with van der Waals surface area (Å²) in [6.45, 7) is 10.5. The maximum Gasteiger partial charge on any atom is 0.253 e. The topological polar surface area (TPSA) is 52.8 Å². The number of alkyl halides is 1. The number of anilines is 1. The highest BCUT2D eigenvalue weighted by molar-refractivity contribution is 5.94. The van der Waals surface area contributed by atoms with Gasteiger partial charge in [-0.25, -0.2) is 0 Å². The molecule has 0 radical (unpaired) electrons. The minimum absolute atomic E-state index is 0.0894. The molecule has 0 aromatic heterocycles. The standard InChI is InChI=1S/C29H36N4O.CH3F/c1-3-32(4-2)29(34)25-15-13-24(14-16-25)28(26-11-8-12-27(30)21-26)33-19-17-31(18-20-33)22-23-9-6-5-7-10-23;1-2/h5-16,21,28H,3-4,17-20,22,30H2,1-2H3;1H3. The maximum atomic E-state index is 12.8. The van der Waals surface area contributed by atoms with E-state index < -0.39 is 0 Å². The summed E-state index contributed by atoms with van der Waals surface area (Å²) < 4.78 is 9.50. The molecule has 0 aliphatic carbocycles. The molecule has 0 spiro atoms. The third-order valence-corrected chi connectivity index (χ3v) is 6.77. The molecule has 0 saturated carbocycles. The van der Waals surface area contributed by atoms with Gasteiger partial charge < -0.3 is 10.6 Å². The van der Waals surface area contributed by atoms with E-state index in [0.717, 1.165) is 57.1 Å². The quantitative estimate of drug-likeness (QED) is 0.439. The van der Waals surface area contributed by atoms with Gasteiger partial charge in [0.1, 0.15) is 0 Å². The first-order valence-electron chi connectivity index (χ1n) is 12.7. The van der Waals surface area contributed by atoms with Gasteiger partial charge in [0.15, 0.2) is 0 Å². The monoisotopic (exact) mass is 490 g/mol. The Bertz CT molecular complexity index is 1060. The number of carbonyl (C=O) groups is 1. The Balaban J connectivity index is 0.00000176. The smallest absolute Gasteiger partial charge is 0.253 e. The van der Waals surface area contributed by atoms with Gasteiger partial charge in [0, 0.05) is 57.1 Å². The molecule has 1 aliphatic heterocycles. The number of carbonyl (C=O) groups excluding carboxylic acids is 1. The predicted molar refractivity (Wildman–Crippen MR) is 147 cm³/mol. The van der Waals surface area contributed by atoms with Crippen LogP contribution in [0.1, 0.15) is 46.9 Å². The van der Waals surface area contributed by atoms with Crippen LogP contribution < -0.4 is 5.73 Å². The van der Waals surface area contributed by atoms with Gasteiger partial charge in [-0.1, -0.05) is 54.6 Å². The van der Waals surface area contributed by atoms with Crippen LogP contribution in [0.5, 0.6) is 0 Å². The Morgan fingerprint density at radius 3 is 2.08 bits per heavy atom. The van der Waals surface area contributed by atoms with Crippen molar-refractivity contribution < 1.29 is 9.18 Å². The van der Waals surface area contributed by atoms with Crippen molar-refractivity contribution in [3.05, 3.63) is 101 Å². The van der Waals surface area contributed by atoms with E-state index in [-0.39, 0.29) is 11.9 Å². The summed E-state index contributed by atoms with van der Waals surface area (Å²) in [6, 6.07) is 27.2. The molecule has 2 N–H and O–H groups in total. The zero-order chi connectivity index (χ0) is 25.9. The van der Waals surface area contributed by atoms with Gasteiger partial charge in [0.2, 0.25) is 0 Å². The fourth-order valence-electron chi connectivity index (χ4n) is 4.87. The SMILES string of the molecule is CCN(CC)C(=O)c1ccc(C(c2cccc(N)c2)N2CCN(Cc3ccccc3)CC2)cc1.CF. The van der Waals surface area contributed by atoms with Crippen LogP contribution in [0.25, 0.3) is 0 Å². The van der Waals surface area contributed by atoms with Crippen molar-refractivity contribution in [1.82, 2.24) is 14.7 Å². The second kappa shape index (κ2) is 13.8. The highest BCUT2D eigenvalue weighted by Crippen LogP contribution is 2.31. The molecule has 4 rings (SSSR count). The van der Waals surface area contributed by atoms with Gasteiger partial charge in [-0.15, -0.1) is 0 Å². The first-order chi connectivity index (χ1) is 17.6. The number of nitrogens with two attached hydrogens (primary N) is 1. The minimum Gasteiger partial charge on any atom is -0.399 e. The number of rotatable bonds is 8. The summed E-state index contributed by atoms with van der Waals surface area (Å²) in [5, 5.41) is 0. The van der Waals surface area contributed by atoms with Crippen molar-refractivity contribution in [2.45, 2.75) is 26.4 Å². The van der Waals surface area contributed by atoms with Crippen LogP contribution in [-0.2, 0) is 6.54 Å². The van der Waals surface area contributed by atoms with Crippen molar-refractivity contribution in [2.75, 3.05) is 52.2 Å². The number of nitrogens with zero attached hydrogens (tertiary/aromatic N) is 3. The number of halogens is 1. The first-order valence-corrected chi connectivity index (χ1v) is 12.7. The van der Waals surface area contributed by atoms with Crippen molar-refractivity contribution >= 4 is 11.6 Å². The van der Waals surface area contributed by atoms with Crippen LogP contribution in [-0.4, -0.2) is 67.1 Å². The van der Waals surface area contributed by atoms with Crippen molar-refractivity contribution in [3.63, 3.8) is 0 Å². The molecule has 36 heavy (non-hydrogen) atoms. The van der Waals surface area contributed by atoms with Crippen molar-refractivity contribution in [3.8, 4) is 0 Å². The van der Waals surface area contributed by atoms with Crippen molar-refractivity contribution in [2.24, 2.45) is 0 Å². The third kappa shape index (κ3) is 6.93. The molecule has 1 unspecified atom stereocenters. The molecule has 1 atom stereocenters. The third-order valence-electron chi connectivity index (χ3n) is 6.77. The zero-order valence-corrected chi connectivity index (χ0v) is 21.7. The van der Waals surface area contributed by atoms with E-state index in [9.17, 15) is 9.18 Å². The fourth-order valence-corrected chi connectivity index (χ4v) is 4.87. The second-order valence-electron chi connectivity index (χ2n) is 8.97. The largest absolute Gasteiger partial charge is 0.399 e. The lowest BCUT2D eigenvalue weighted by Gasteiger charge is -2.40. The molecular formula is C30H39FN4O.